The predicted octanol–water partition coefficient (Wildman–Crippen LogP) is 2.54. The Morgan fingerprint density at radius 1 is 1.33 bits per heavy atom. The molecule has 3 rings (SSSR count). The summed E-state index contributed by atoms with van der Waals surface area (Å²) in [6.07, 6.45) is 4.53. The van der Waals surface area contributed by atoms with Gasteiger partial charge in [-0.25, -0.2) is 4.79 Å². The highest BCUT2D eigenvalue weighted by Gasteiger charge is 2.25. The minimum absolute atomic E-state index is 0.162. The summed E-state index contributed by atoms with van der Waals surface area (Å²) in [6.45, 7) is 7.01. The van der Waals surface area contributed by atoms with Crippen LogP contribution in [0.25, 0.3) is 0 Å². The van der Waals surface area contributed by atoms with Crippen molar-refractivity contribution in [3.63, 3.8) is 0 Å². The van der Waals surface area contributed by atoms with Crippen molar-refractivity contribution in [2.75, 3.05) is 18.4 Å². The number of nitrogens with one attached hydrogen (secondary N) is 2. The molecule has 0 saturated carbocycles. The van der Waals surface area contributed by atoms with E-state index in [4.69, 9.17) is 0 Å². The van der Waals surface area contributed by atoms with E-state index < -0.39 is 0 Å². The van der Waals surface area contributed by atoms with E-state index >= 15 is 0 Å². The predicted molar refractivity (Wildman–Crippen MR) is 95.0 cm³/mol. The summed E-state index contributed by atoms with van der Waals surface area (Å²) in [6, 6.07) is 10.7. The summed E-state index contributed by atoms with van der Waals surface area (Å²) in [4.78, 5) is 14.5. The van der Waals surface area contributed by atoms with Crippen LogP contribution >= 0.6 is 0 Å². The maximum absolute atomic E-state index is 12.1. The Morgan fingerprint density at radius 2 is 2.12 bits per heavy atom. The summed E-state index contributed by atoms with van der Waals surface area (Å²) in [5, 5.41) is 10.2. The van der Waals surface area contributed by atoms with Gasteiger partial charge in [-0.05, 0) is 25.8 Å². The van der Waals surface area contributed by atoms with E-state index in [1.165, 1.54) is 5.56 Å². The molecule has 1 unspecified atom stereocenters. The van der Waals surface area contributed by atoms with Gasteiger partial charge >= 0.3 is 6.03 Å². The molecule has 2 amide bonds. The molecular formula is C18H25N5O. The number of urea groups is 1. The SMILES string of the molecule is CC(C)N1CCC(NC(=O)Nc2cnn(Cc3ccccc3)c2)C1. The van der Waals surface area contributed by atoms with Crippen LogP contribution in [-0.2, 0) is 6.54 Å². The van der Waals surface area contributed by atoms with Gasteiger partial charge in [-0.2, -0.15) is 5.10 Å². The minimum Gasteiger partial charge on any atom is -0.334 e. The van der Waals surface area contributed by atoms with Gasteiger partial charge in [0.15, 0.2) is 0 Å². The van der Waals surface area contributed by atoms with Gasteiger partial charge in [0.25, 0.3) is 0 Å². The Bertz CT molecular complexity index is 667. The maximum Gasteiger partial charge on any atom is 0.319 e. The number of nitrogens with zero attached hydrogens (tertiary/aromatic N) is 3. The molecule has 2 heterocycles. The Kier molecular flexibility index (Phi) is 5.15. The van der Waals surface area contributed by atoms with Gasteiger partial charge in [0.1, 0.15) is 0 Å². The fourth-order valence-electron chi connectivity index (χ4n) is 3.01. The number of hydrogen-bond donors (Lipinski definition) is 2. The summed E-state index contributed by atoms with van der Waals surface area (Å²) < 4.78 is 1.82. The molecule has 6 heteroatoms. The smallest absolute Gasteiger partial charge is 0.319 e. The van der Waals surface area contributed by atoms with Crippen molar-refractivity contribution in [3.8, 4) is 0 Å². The van der Waals surface area contributed by atoms with Crippen LogP contribution < -0.4 is 10.6 Å². The third kappa shape index (κ3) is 4.35. The van der Waals surface area contributed by atoms with Gasteiger partial charge in [0.05, 0.1) is 18.4 Å². The van der Waals surface area contributed by atoms with Crippen LogP contribution in [0.2, 0.25) is 0 Å². The first kappa shape index (κ1) is 16.5. The lowest BCUT2D eigenvalue weighted by Gasteiger charge is -2.20. The second kappa shape index (κ2) is 7.49. The van der Waals surface area contributed by atoms with Gasteiger partial charge in [0.2, 0.25) is 0 Å². The average Bonchev–Trinajstić information content (AvgIpc) is 3.18. The zero-order valence-corrected chi connectivity index (χ0v) is 14.3. The number of carbonyl (C=O) groups is 1. The molecule has 1 aromatic heterocycles. The Hall–Kier alpha value is -2.34. The quantitative estimate of drug-likeness (QED) is 0.887. The third-order valence-corrected chi connectivity index (χ3v) is 4.36. The normalized spacial score (nSPS) is 18.0. The number of carbonyl (C=O) groups excluding carboxylic acids is 1. The lowest BCUT2D eigenvalue weighted by molar-refractivity contribution is 0.244. The molecule has 0 bridgehead atoms. The largest absolute Gasteiger partial charge is 0.334 e. The number of amides is 2. The van der Waals surface area contributed by atoms with Gasteiger partial charge in [-0.15, -0.1) is 0 Å². The van der Waals surface area contributed by atoms with Crippen molar-refractivity contribution in [3.05, 3.63) is 48.3 Å². The van der Waals surface area contributed by atoms with Crippen molar-refractivity contribution in [2.24, 2.45) is 0 Å². The summed E-state index contributed by atoms with van der Waals surface area (Å²) in [5.74, 6) is 0. The Balaban J connectivity index is 1.49. The van der Waals surface area contributed by atoms with Crippen molar-refractivity contribution >= 4 is 11.7 Å². The molecule has 128 valence electrons. The molecule has 0 radical (unpaired) electrons. The van der Waals surface area contributed by atoms with E-state index in [0.717, 1.165) is 19.5 Å². The molecule has 2 aromatic rings. The molecule has 24 heavy (non-hydrogen) atoms. The van der Waals surface area contributed by atoms with Gasteiger partial charge < -0.3 is 10.6 Å². The molecule has 2 N–H and O–H groups in total. The molecule has 1 atom stereocenters. The number of anilines is 1. The molecule has 1 aliphatic heterocycles. The standard InChI is InChI=1S/C18H25N5O/c1-14(2)22-9-8-16(12-22)20-18(24)21-17-10-19-23(13-17)11-15-6-4-3-5-7-15/h3-7,10,13-14,16H,8-9,11-12H2,1-2H3,(H2,20,21,24). The third-order valence-electron chi connectivity index (χ3n) is 4.36. The first-order chi connectivity index (χ1) is 11.6. The van der Waals surface area contributed by atoms with Crippen LogP contribution in [0.15, 0.2) is 42.7 Å². The van der Waals surface area contributed by atoms with Crippen LogP contribution in [0.5, 0.6) is 0 Å². The van der Waals surface area contributed by atoms with Gasteiger partial charge in [-0.1, -0.05) is 30.3 Å². The van der Waals surface area contributed by atoms with Crippen LogP contribution in [0, 0.1) is 0 Å². The second-order valence-corrected chi connectivity index (χ2v) is 6.58. The second-order valence-electron chi connectivity index (χ2n) is 6.58. The minimum atomic E-state index is -0.162. The highest BCUT2D eigenvalue weighted by molar-refractivity contribution is 5.89. The highest BCUT2D eigenvalue weighted by atomic mass is 16.2. The lowest BCUT2D eigenvalue weighted by Crippen LogP contribution is -2.40. The summed E-state index contributed by atoms with van der Waals surface area (Å²) in [5.41, 5.74) is 1.89. The maximum atomic E-state index is 12.1. The Labute approximate surface area is 142 Å². The molecule has 1 aromatic carbocycles. The van der Waals surface area contributed by atoms with E-state index in [-0.39, 0.29) is 12.1 Å². The Morgan fingerprint density at radius 3 is 2.83 bits per heavy atom. The fraction of sp³-hybridized carbons (Fsp3) is 0.444. The highest BCUT2D eigenvalue weighted by Crippen LogP contribution is 2.13. The van der Waals surface area contributed by atoms with Crippen molar-refractivity contribution in [1.82, 2.24) is 20.0 Å². The van der Waals surface area contributed by atoms with Crippen molar-refractivity contribution < 1.29 is 4.79 Å². The number of aromatic nitrogens is 2. The molecule has 0 spiro atoms. The number of hydrogen-bond acceptors (Lipinski definition) is 3. The van der Waals surface area contributed by atoms with E-state index in [1.807, 2.05) is 29.1 Å². The van der Waals surface area contributed by atoms with E-state index in [0.29, 0.717) is 18.3 Å². The molecule has 1 fully saturated rings. The molecule has 6 nitrogen and oxygen atoms in total. The first-order valence-electron chi connectivity index (χ1n) is 8.48. The zero-order chi connectivity index (χ0) is 16.9. The summed E-state index contributed by atoms with van der Waals surface area (Å²) >= 11 is 0. The molecule has 1 aliphatic rings. The number of rotatable bonds is 5. The number of likely N-dealkylation sites (tertiary alicyclic amines) is 1. The van der Waals surface area contributed by atoms with Crippen LogP contribution in [-0.4, -0.2) is 45.9 Å². The summed E-state index contributed by atoms with van der Waals surface area (Å²) in [7, 11) is 0. The van der Waals surface area contributed by atoms with E-state index in [2.05, 4.69) is 46.6 Å². The van der Waals surface area contributed by atoms with Crippen LogP contribution in [0.3, 0.4) is 0 Å². The van der Waals surface area contributed by atoms with Gasteiger partial charge in [-0.3, -0.25) is 9.58 Å². The van der Waals surface area contributed by atoms with Crippen molar-refractivity contribution in [1.29, 1.82) is 0 Å². The van der Waals surface area contributed by atoms with E-state index in [1.54, 1.807) is 6.20 Å². The monoisotopic (exact) mass is 327 g/mol. The average molecular weight is 327 g/mol. The molecule has 0 aliphatic carbocycles. The topological polar surface area (TPSA) is 62.2 Å². The molecular weight excluding hydrogens is 302 g/mol. The molecule has 1 saturated heterocycles. The van der Waals surface area contributed by atoms with Gasteiger partial charge in [0, 0.05) is 31.4 Å². The fourth-order valence-corrected chi connectivity index (χ4v) is 3.01. The zero-order valence-electron chi connectivity index (χ0n) is 14.3. The first-order valence-corrected chi connectivity index (χ1v) is 8.48. The number of benzene rings is 1. The van der Waals surface area contributed by atoms with Crippen LogP contribution in [0.1, 0.15) is 25.8 Å². The van der Waals surface area contributed by atoms with Crippen molar-refractivity contribution in [2.45, 2.75) is 38.9 Å². The van der Waals surface area contributed by atoms with Crippen LogP contribution in [0.4, 0.5) is 10.5 Å². The van der Waals surface area contributed by atoms with E-state index in [9.17, 15) is 4.79 Å². The lowest BCUT2D eigenvalue weighted by atomic mass is 10.2.